The third-order valence-electron chi connectivity index (χ3n) is 8.19. The highest BCUT2D eigenvalue weighted by Gasteiger charge is 2.57. The summed E-state index contributed by atoms with van der Waals surface area (Å²) in [5.41, 5.74) is 0.113. The number of nitro groups is 1. The number of rotatable bonds is 4. The molecule has 1 saturated heterocycles. The summed E-state index contributed by atoms with van der Waals surface area (Å²) in [5, 5.41) is 21.9. The zero-order valence-corrected chi connectivity index (χ0v) is 23.2. The average molecular weight is 659 g/mol. The number of benzene rings is 2. The summed E-state index contributed by atoms with van der Waals surface area (Å²) in [4.78, 5) is 65.4. The molecule has 1 heterocycles. The Morgan fingerprint density at radius 1 is 1.02 bits per heavy atom. The average Bonchev–Trinajstić information content (AvgIpc) is 3.20. The molecular weight excluding hydrogens is 641 g/mol. The van der Waals surface area contributed by atoms with E-state index in [4.69, 9.17) is 0 Å². The van der Waals surface area contributed by atoms with Crippen LogP contribution in [0.4, 0.5) is 24.5 Å². The van der Waals surface area contributed by atoms with Crippen molar-refractivity contribution in [2.24, 2.45) is 17.8 Å². The van der Waals surface area contributed by atoms with Gasteiger partial charge in [0.05, 0.1) is 26.9 Å². The zero-order chi connectivity index (χ0) is 31.0. The van der Waals surface area contributed by atoms with Crippen molar-refractivity contribution < 1.29 is 47.1 Å². The summed E-state index contributed by atoms with van der Waals surface area (Å²) in [6.07, 6.45) is -2.45. The molecule has 1 fully saturated rings. The number of hydrogen-bond donors (Lipinski definition) is 1. The number of alkyl halides is 3. The van der Waals surface area contributed by atoms with Gasteiger partial charge >= 0.3 is 6.36 Å². The lowest BCUT2D eigenvalue weighted by atomic mass is 9.59. The molecule has 4 aliphatic rings. The van der Waals surface area contributed by atoms with E-state index >= 15 is 0 Å². The van der Waals surface area contributed by atoms with Gasteiger partial charge in [-0.25, -0.2) is 0 Å². The summed E-state index contributed by atoms with van der Waals surface area (Å²) in [7, 11) is 0. The Balaban J connectivity index is 1.47. The number of halogens is 4. The van der Waals surface area contributed by atoms with Gasteiger partial charge < -0.3 is 9.84 Å². The van der Waals surface area contributed by atoms with Gasteiger partial charge in [0, 0.05) is 40.8 Å². The van der Waals surface area contributed by atoms with Crippen LogP contribution >= 0.6 is 15.9 Å². The molecule has 0 saturated carbocycles. The Bertz CT molecular complexity index is 1740. The molecule has 0 aromatic heterocycles. The van der Waals surface area contributed by atoms with Crippen LogP contribution < -0.4 is 9.64 Å². The molecule has 14 heteroatoms. The number of phenols is 1. The first-order chi connectivity index (χ1) is 20.3. The molecule has 0 bridgehead atoms. The third-order valence-corrected chi connectivity index (χ3v) is 8.78. The van der Waals surface area contributed by atoms with Gasteiger partial charge in [0.15, 0.2) is 11.6 Å². The van der Waals surface area contributed by atoms with Gasteiger partial charge in [-0.15, -0.1) is 13.2 Å². The first kappa shape index (κ1) is 28.5. The lowest BCUT2D eigenvalue weighted by molar-refractivity contribution is -0.384. The fraction of sp³-hybridized carbons (Fsp3) is 0.241. The second-order valence-electron chi connectivity index (χ2n) is 10.4. The molecule has 4 atom stereocenters. The van der Waals surface area contributed by atoms with Crippen LogP contribution in [0.15, 0.2) is 75.8 Å². The minimum Gasteiger partial charge on any atom is -0.508 e. The van der Waals surface area contributed by atoms with E-state index in [1.807, 2.05) is 0 Å². The third kappa shape index (κ3) is 4.65. The molecule has 10 nitrogen and oxygen atoms in total. The number of carbonyl (C=O) groups excluding carboxylic acids is 4. The van der Waals surface area contributed by atoms with E-state index < -0.39 is 69.8 Å². The molecule has 1 aliphatic heterocycles. The van der Waals surface area contributed by atoms with Crippen molar-refractivity contribution in [1.82, 2.24) is 0 Å². The highest BCUT2D eigenvalue weighted by atomic mass is 79.9. The Hall–Kier alpha value is -4.59. The molecule has 0 radical (unpaired) electrons. The van der Waals surface area contributed by atoms with Crippen LogP contribution in [-0.4, -0.2) is 39.8 Å². The maximum atomic E-state index is 13.9. The van der Waals surface area contributed by atoms with Crippen molar-refractivity contribution in [2.45, 2.75) is 25.1 Å². The van der Waals surface area contributed by atoms with Crippen molar-refractivity contribution in [2.75, 3.05) is 4.90 Å². The standard InChI is InChI=1S/C29H18BrF3N2O8/c30-20-11-22(37)25-19(26(20)38)10-17-15(23(25)18-9-14(5-8-21(18)36)43-29(31,32)33)6-7-16-24(17)28(40)34(27(16)39)12-1-3-13(4-2-12)35(41)42/h1-6,8-9,11,16-17,23-24,36H,7,10H2/t16-,17+,23+,24-/m0/s1. The van der Waals surface area contributed by atoms with Crippen molar-refractivity contribution in [3.05, 3.63) is 91.5 Å². The number of fused-ring (bicyclic) bond motifs is 3. The molecule has 0 spiro atoms. The van der Waals surface area contributed by atoms with E-state index in [-0.39, 0.29) is 45.4 Å². The molecule has 6 rings (SSSR count). The van der Waals surface area contributed by atoms with Crippen LogP contribution in [0.25, 0.3) is 0 Å². The topological polar surface area (TPSA) is 144 Å². The zero-order valence-electron chi connectivity index (χ0n) is 21.6. The Morgan fingerprint density at radius 3 is 2.37 bits per heavy atom. The molecule has 2 amide bonds. The number of aromatic hydroxyl groups is 1. The fourth-order valence-corrected chi connectivity index (χ4v) is 6.95. The lowest BCUT2D eigenvalue weighted by Gasteiger charge is -2.42. The molecule has 220 valence electrons. The Kier molecular flexibility index (Phi) is 6.64. The van der Waals surface area contributed by atoms with E-state index in [9.17, 15) is 47.6 Å². The van der Waals surface area contributed by atoms with E-state index in [1.54, 1.807) is 6.08 Å². The Morgan fingerprint density at radius 2 is 1.72 bits per heavy atom. The summed E-state index contributed by atoms with van der Waals surface area (Å²) in [5.74, 6) is -7.38. The number of Topliss-reactive ketones (excluding diaryl/α,β-unsaturated/α-hetero) is 1. The van der Waals surface area contributed by atoms with Crippen LogP contribution in [0.3, 0.4) is 0 Å². The van der Waals surface area contributed by atoms with Crippen molar-refractivity contribution >= 4 is 50.7 Å². The molecule has 43 heavy (non-hydrogen) atoms. The van der Waals surface area contributed by atoms with Gasteiger partial charge in [0.2, 0.25) is 11.8 Å². The largest absolute Gasteiger partial charge is 0.573 e. The van der Waals surface area contributed by atoms with Crippen molar-refractivity contribution in [3.63, 3.8) is 0 Å². The monoisotopic (exact) mass is 658 g/mol. The number of hydrogen-bond acceptors (Lipinski definition) is 8. The van der Waals surface area contributed by atoms with Crippen LogP contribution in [0, 0.1) is 27.9 Å². The summed E-state index contributed by atoms with van der Waals surface area (Å²) >= 11 is 3.08. The van der Waals surface area contributed by atoms with Crippen LogP contribution in [0.1, 0.15) is 24.3 Å². The first-order valence-corrected chi connectivity index (χ1v) is 13.7. The minimum atomic E-state index is -5.05. The smallest absolute Gasteiger partial charge is 0.508 e. The summed E-state index contributed by atoms with van der Waals surface area (Å²) < 4.78 is 43.1. The highest BCUT2D eigenvalue weighted by Crippen LogP contribution is 2.57. The second-order valence-corrected chi connectivity index (χ2v) is 11.3. The number of anilines is 1. The number of amides is 2. The predicted molar refractivity (Wildman–Crippen MR) is 145 cm³/mol. The number of ketones is 2. The molecule has 2 aromatic carbocycles. The highest BCUT2D eigenvalue weighted by molar-refractivity contribution is 9.12. The molecular formula is C29H18BrF3N2O8. The molecule has 2 aromatic rings. The van der Waals surface area contributed by atoms with Gasteiger partial charge in [-0.3, -0.25) is 34.2 Å². The molecule has 1 N–H and O–H groups in total. The van der Waals surface area contributed by atoms with Crippen LogP contribution in [0.2, 0.25) is 0 Å². The number of nitro benzene ring substituents is 1. The fourth-order valence-electron chi connectivity index (χ4n) is 6.50. The van der Waals surface area contributed by atoms with Gasteiger partial charge in [-0.2, -0.15) is 0 Å². The lowest BCUT2D eigenvalue weighted by Crippen LogP contribution is -2.39. The number of ether oxygens (including phenoxy) is 1. The SMILES string of the molecule is O=C1C=C(Br)C(=O)C2=C1[C@@H](c1cc(OC(F)(F)F)ccc1O)C1=CC[C@@H]3C(=O)N(c4ccc([N+](=O)[O-])cc4)C(=O)[C@@H]3[C@@H]1C2. The van der Waals surface area contributed by atoms with Crippen molar-refractivity contribution in [1.29, 1.82) is 0 Å². The molecule has 0 unspecified atom stereocenters. The predicted octanol–water partition coefficient (Wildman–Crippen LogP) is 5.17. The van der Waals surface area contributed by atoms with E-state index in [1.165, 1.54) is 12.1 Å². The summed E-state index contributed by atoms with van der Waals surface area (Å²) in [6.45, 7) is 0. The number of imide groups is 1. The number of non-ortho nitro benzene ring substituents is 1. The van der Waals surface area contributed by atoms with Gasteiger partial charge in [-0.1, -0.05) is 11.6 Å². The maximum absolute atomic E-state index is 13.9. The first-order valence-electron chi connectivity index (χ1n) is 12.9. The van der Waals surface area contributed by atoms with Gasteiger partial charge in [0.1, 0.15) is 11.5 Å². The number of phenolic OH excluding ortho intramolecular Hbond substituents is 1. The maximum Gasteiger partial charge on any atom is 0.573 e. The van der Waals surface area contributed by atoms with E-state index in [2.05, 4.69) is 20.7 Å². The van der Waals surface area contributed by atoms with Crippen LogP contribution in [-0.2, 0) is 19.2 Å². The second kappa shape index (κ2) is 10.0. The quantitative estimate of drug-likeness (QED) is 0.156. The molecule has 3 aliphatic carbocycles. The van der Waals surface area contributed by atoms with Crippen molar-refractivity contribution in [3.8, 4) is 11.5 Å². The van der Waals surface area contributed by atoms with Gasteiger partial charge in [0.25, 0.3) is 5.69 Å². The Labute approximate surface area is 248 Å². The number of nitrogens with zero attached hydrogens (tertiary/aromatic N) is 2. The van der Waals surface area contributed by atoms with E-state index in [0.717, 1.165) is 41.3 Å². The minimum absolute atomic E-state index is 0.0164. The summed E-state index contributed by atoms with van der Waals surface area (Å²) in [6, 6.07) is 7.68. The van der Waals surface area contributed by atoms with Gasteiger partial charge in [-0.05, 0) is 65.0 Å². The number of allylic oxidation sites excluding steroid dienone is 6. The normalized spacial score (nSPS) is 25.2. The van der Waals surface area contributed by atoms with Crippen LogP contribution in [0.5, 0.6) is 11.5 Å². The van der Waals surface area contributed by atoms with E-state index in [0.29, 0.717) is 5.57 Å². The number of carbonyl (C=O) groups is 4.